The Kier molecular flexibility index (Phi) is 9.06. The van der Waals surface area contributed by atoms with Crippen LogP contribution in [-0.2, 0) is 0 Å². The van der Waals surface area contributed by atoms with Crippen LogP contribution < -0.4 is 14.8 Å². The molecular formula is C23H29ClN2O4. The van der Waals surface area contributed by atoms with E-state index < -0.39 is 12.2 Å². The predicted octanol–water partition coefficient (Wildman–Crippen LogP) is 2.17. The second-order valence-corrected chi connectivity index (χ2v) is 7.97. The van der Waals surface area contributed by atoms with Crippen LogP contribution in [0.15, 0.2) is 42.5 Å². The molecule has 1 aliphatic rings. The van der Waals surface area contributed by atoms with Gasteiger partial charge in [-0.2, -0.15) is 0 Å². The highest BCUT2D eigenvalue weighted by Gasteiger charge is 2.21. The molecule has 3 N–H and O–H groups in total. The van der Waals surface area contributed by atoms with Crippen molar-refractivity contribution in [3.05, 3.63) is 59.6 Å². The first-order chi connectivity index (χ1) is 14.6. The minimum Gasteiger partial charge on any atom is -0.491 e. The Morgan fingerprint density at radius 3 is 2.40 bits per heavy atom. The van der Waals surface area contributed by atoms with E-state index in [1.807, 2.05) is 0 Å². The highest BCUT2D eigenvalue weighted by Crippen LogP contribution is 2.16. The maximum atomic E-state index is 10.2. The van der Waals surface area contributed by atoms with Crippen LogP contribution in [0.1, 0.15) is 12.8 Å². The molecule has 1 aliphatic heterocycles. The maximum Gasteiger partial charge on any atom is 0.128 e. The minimum absolute atomic E-state index is 0.233. The monoisotopic (exact) mass is 432 g/mol. The van der Waals surface area contributed by atoms with Crippen LogP contribution in [0, 0.1) is 12.1 Å². The fraction of sp³-hybridized carbons (Fsp3) is 0.478. The molecule has 3 rings (SSSR count). The lowest BCUT2D eigenvalue weighted by Crippen LogP contribution is -2.47. The fourth-order valence-electron chi connectivity index (χ4n) is 3.37. The van der Waals surface area contributed by atoms with Gasteiger partial charge in [0.1, 0.15) is 36.9 Å². The van der Waals surface area contributed by atoms with Crippen molar-refractivity contribution in [3.8, 4) is 11.5 Å². The quantitative estimate of drug-likeness (QED) is 0.505. The van der Waals surface area contributed by atoms with Crippen LogP contribution in [0.3, 0.4) is 0 Å². The molecule has 0 saturated carbocycles. The highest BCUT2D eigenvalue weighted by molar-refractivity contribution is 6.30. The Morgan fingerprint density at radius 1 is 1.00 bits per heavy atom. The van der Waals surface area contributed by atoms with Gasteiger partial charge in [0.05, 0.1) is 0 Å². The Hall–Kier alpha value is -2.01. The molecule has 0 aliphatic carbocycles. The van der Waals surface area contributed by atoms with E-state index >= 15 is 0 Å². The summed E-state index contributed by atoms with van der Waals surface area (Å²) in [6.07, 6.45) is 0.833. The van der Waals surface area contributed by atoms with Crippen LogP contribution in [0.25, 0.3) is 0 Å². The predicted molar refractivity (Wildman–Crippen MR) is 116 cm³/mol. The van der Waals surface area contributed by atoms with Gasteiger partial charge in [0.25, 0.3) is 0 Å². The van der Waals surface area contributed by atoms with Gasteiger partial charge in [-0.3, -0.25) is 0 Å². The van der Waals surface area contributed by atoms with Crippen molar-refractivity contribution in [2.24, 2.45) is 0 Å². The van der Waals surface area contributed by atoms with E-state index in [1.54, 1.807) is 42.5 Å². The standard InChI is InChI=1S/C23H29ClN2O4/c24-18-6-8-23(9-7-18)29-16-20(27)14-25-19-10-12-26(13-11-19)15-21(28)17-30-22-4-2-1-3-5-22/h2,4-9,19-21,25,27-28H,10-17H2. The molecule has 0 radical (unpaired) electrons. The van der Waals surface area contributed by atoms with E-state index in [0.29, 0.717) is 35.7 Å². The molecule has 1 fully saturated rings. The third-order valence-corrected chi connectivity index (χ3v) is 5.28. The molecule has 2 unspecified atom stereocenters. The Labute approximate surface area is 183 Å². The number of ether oxygens (including phenoxy) is 2. The van der Waals surface area contributed by atoms with Crippen molar-refractivity contribution in [3.63, 3.8) is 0 Å². The van der Waals surface area contributed by atoms with Crippen molar-refractivity contribution >= 4 is 11.6 Å². The zero-order chi connectivity index (χ0) is 21.2. The molecule has 162 valence electrons. The Balaban J connectivity index is 1.26. The number of benzene rings is 1. The van der Waals surface area contributed by atoms with Gasteiger partial charge < -0.3 is 29.9 Å². The average Bonchev–Trinajstić information content (AvgIpc) is 2.77. The number of rotatable bonds is 11. The van der Waals surface area contributed by atoms with E-state index in [-0.39, 0.29) is 13.2 Å². The number of hydrogen-bond donors (Lipinski definition) is 3. The number of piperidine rings is 1. The molecule has 0 aromatic heterocycles. The second kappa shape index (κ2) is 12.0. The summed E-state index contributed by atoms with van der Waals surface area (Å²) in [5.41, 5.74) is 0. The lowest BCUT2D eigenvalue weighted by molar-refractivity contribution is 0.0556. The number of β-amino-alcohol motifs (C(OH)–C–C–N with tert-alkyl or cyclic N) is 1. The highest BCUT2D eigenvalue weighted by atomic mass is 35.5. The maximum absolute atomic E-state index is 10.2. The Morgan fingerprint density at radius 2 is 1.70 bits per heavy atom. The van der Waals surface area contributed by atoms with Crippen molar-refractivity contribution in [1.29, 1.82) is 0 Å². The first-order valence-corrected chi connectivity index (χ1v) is 10.7. The van der Waals surface area contributed by atoms with Crippen molar-refractivity contribution in [1.82, 2.24) is 10.2 Å². The average molecular weight is 433 g/mol. The number of halogens is 1. The van der Waals surface area contributed by atoms with E-state index in [2.05, 4.69) is 22.3 Å². The molecule has 2 aromatic rings. The third-order valence-electron chi connectivity index (χ3n) is 5.03. The third kappa shape index (κ3) is 8.02. The number of likely N-dealkylation sites (tertiary alicyclic amines) is 1. The summed E-state index contributed by atoms with van der Waals surface area (Å²) in [6, 6.07) is 18.3. The molecule has 30 heavy (non-hydrogen) atoms. The van der Waals surface area contributed by atoms with Gasteiger partial charge in [0.2, 0.25) is 0 Å². The first kappa shape index (κ1) is 22.7. The van der Waals surface area contributed by atoms with E-state index in [0.717, 1.165) is 25.9 Å². The summed E-state index contributed by atoms with van der Waals surface area (Å²) in [4.78, 5) is 2.25. The van der Waals surface area contributed by atoms with Gasteiger partial charge in [-0.15, -0.1) is 0 Å². The minimum atomic E-state index is -0.578. The zero-order valence-electron chi connectivity index (χ0n) is 17.0. The smallest absolute Gasteiger partial charge is 0.128 e. The molecule has 1 heterocycles. The molecule has 2 atom stereocenters. The zero-order valence-corrected chi connectivity index (χ0v) is 17.7. The molecule has 2 aromatic carbocycles. The Bertz CT molecular complexity index is 724. The second-order valence-electron chi connectivity index (χ2n) is 7.54. The lowest BCUT2D eigenvalue weighted by Gasteiger charge is -2.33. The lowest BCUT2D eigenvalue weighted by atomic mass is 10.0. The summed E-state index contributed by atoms with van der Waals surface area (Å²) in [5, 5.41) is 24.4. The van der Waals surface area contributed by atoms with Gasteiger partial charge in [-0.05, 0) is 62.3 Å². The molecule has 0 spiro atoms. The van der Waals surface area contributed by atoms with Crippen molar-refractivity contribution in [2.75, 3.05) is 39.4 Å². The molecule has 0 bridgehead atoms. The number of aliphatic hydroxyl groups is 2. The summed E-state index contributed by atoms with van der Waals surface area (Å²) >= 11 is 5.85. The SMILES string of the molecule is OC(CNC1CCN(CC(O)COc2cc#ccc2)CC1)COc1ccc(Cl)cc1. The molecule has 1 saturated heterocycles. The topological polar surface area (TPSA) is 74.2 Å². The van der Waals surface area contributed by atoms with Gasteiger partial charge >= 0.3 is 0 Å². The van der Waals surface area contributed by atoms with Crippen LogP contribution in [0.2, 0.25) is 5.02 Å². The number of hydrogen-bond acceptors (Lipinski definition) is 6. The van der Waals surface area contributed by atoms with Crippen molar-refractivity contribution < 1.29 is 19.7 Å². The van der Waals surface area contributed by atoms with Gasteiger partial charge in [0.15, 0.2) is 0 Å². The van der Waals surface area contributed by atoms with E-state index in [9.17, 15) is 10.2 Å². The summed E-state index contributed by atoms with van der Waals surface area (Å²) in [6.45, 7) is 3.38. The largest absolute Gasteiger partial charge is 0.491 e. The number of nitrogens with one attached hydrogen (secondary N) is 1. The van der Waals surface area contributed by atoms with Crippen LogP contribution in [-0.4, -0.2) is 72.8 Å². The van der Waals surface area contributed by atoms with E-state index in [4.69, 9.17) is 21.1 Å². The molecule has 7 heteroatoms. The molecular weight excluding hydrogens is 404 g/mol. The van der Waals surface area contributed by atoms with Crippen LogP contribution >= 0.6 is 11.6 Å². The van der Waals surface area contributed by atoms with Crippen molar-refractivity contribution in [2.45, 2.75) is 31.1 Å². The first-order valence-electron chi connectivity index (χ1n) is 10.3. The summed E-state index contributed by atoms with van der Waals surface area (Å²) in [7, 11) is 0. The van der Waals surface area contributed by atoms with Gasteiger partial charge in [0, 0.05) is 30.2 Å². The normalized spacial score (nSPS) is 17.2. The summed E-state index contributed by atoms with van der Waals surface area (Å²) in [5.74, 6) is 1.38. The summed E-state index contributed by atoms with van der Waals surface area (Å²) < 4.78 is 11.1. The molecule has 0 amide bonds. The van der Waals surface area contributed by atoms with Gasteiger partial charge in [-0.1, -0.05) is 23.7 Å². The van der Waals surface area contributed by atoms with Crippen LogP contribution in [0.4, 0.5) is 0 Å². The number of aliphatic hydroxyl groups excluding tert-OH is 2. The van der Waals surface area contributed by atoms with Crippen LogP contribution in [0.5, 0.6) is 11.5 Å². The number of nitrogens with zero attached hydrogens (tertiary/aromatic N) is 1. The fourth-order valence-corrected chi connectivity index (χ4v) is 3.50. The molecule has 6 nitrogen and oxygen atoms in total. The van der Waals surface area contributed by atoms with E-state index in [1.165, 1.54) is 0 Å². The van der Waals surface area contributed by atoms with Gasteiger partial charge in [-0.25, -0.2) is 0 Å².